The number of hydrogen-bond acceptors (Lipinski definition) is 2. The number of hydrogen-bond donors (Lipinski definition) is 0. The summed E-state index contributed by atoms with van der Waals surface area (Å²) >= 11 is 5.99. The molecule has 7 rings (SSSR count). The molecule has 2 amide bonds. The average molecular weight is 384 g/mol. The van der Waals surface area contributed by atoms with Gasteiger partial charge in [0.05, 0.1) is 5.69 Å². The Morgan fingerprint density at radius 1 is 0.607 bits per heavy atom. The summed E-state index contributed by atoms with van der Waals surface area (Å²) < 4.78 is 0. The highest BCUT2D eigenvalue weighted by molar-refractivity contribution is 6.35. The monoisotopic (exact) mass is 383 g/mol. The third-order valence-corrected chi connectivity index (χ3v) is 6.31. The predicted octanol–water partition coefficient (Wildman–Crippen LogP) is 4.80. The Morgan fingerprint density at radius 3 is 1.39 bits per heavy atom. The van der Waals surface area contributed by atoms with E-state index in [0.29, 0.717) is 21.9 Å². The van der Waals surface area contributed by atoms with Crippen LogP contribution >= 0.6 is 11.6 Å². The molecule has 28 heavy (non-hydrogen) atoms. The van der Waals surface area contributed by atoms with Gasteiger partial charge in [0, 0.05) is 28.0 Å². The molecule has 3 aromatic carbocycles. The van der Waals surface area contributed by atoms with Crippen LogP contribution in [0.15, 0.2) is 83.9 Å². The molecule has 0 unspecified atom stereocenters. The summed E-state index contributed by atoms with van der Waals surface area (Å²) in [7, 11) is 0. The standard InChI is InChI=1S/C24H14ClNO2/c25-13-9-11-14(12-10-13)26-23(27)21-19-15-5-1-2-6-16(15)20(22(21)24(26)28)18-8-4-3-7-17(18)19/h1-12,19-20H. The van der Waals surface area contributed by atoms with Crippen molar-refractivity contribution in [1.82, 2.24) is 0 Å². The van der Waals surface area contributed by atoms with E-state index in [1.165, 1.54) is 4.90 Å². The molecule has 0 spiro atoms. The number of imide groups is 1. The quantitative estimate of drug-likeness (QED) is 0.566. The topological polar surface area (TPSA) is 37.4 Å². The van der Waals surface area contributed by atoms with Gasteiger partial charge in [-0.3, -0.25) is 9.59 Å². The van der Waals surface area contributed by atoms with E-state index in [1.807, 2.05) is 24.3 Å². The van der Waals surface area contributed by atoms with E-state index >= 15 is 0 Å². The van der Waals surface area contributed by atoms with E-state index in [4.69, 9.17) is 11.6 Å². The first-order valence-corrected chi connectivity index (χ1v) is 9.60. The van der Waals surface area contributed by atoms with Crippen molar-refractivity contribution in [2.75, 3.05) is 4.90 Å². The fraction of sp³-hybridized carbons (Fsp3) is 0.0833. The largest absolute Gasteiger partial charge is 0.269 e. The molecule has 0 fully saturated rings. The third-order valence-electron chi connectivity index (χ3n) is 6.06. The Kier molecular flexibility index (Phi) is 3.07. The molecular weight excluding hydrogens is 370 g/mol. The van der Waals surface area contributed by atoms with Gasteiger partial charge in [0.25, 0.3) is 11.8 Å². The summed E-state index contributed by atoms with van der Waals surface area (Å²) in [6.07, 6.45) is 0. The van der Waals surface area contributed by atoms with Crippen molar-refractivity contribution < 1.29 is 9.59 Å². The molecular formula is C24H14ClNO2. The molecule has 134 valence electrons. The number of rotatable bonds is 1. The van der Waals surface area contributed by atoms with Crippen LogP contribution in [0.1, 0.15) is 34.1 Å². The van der Waals surface area contributed by atoms with E-state index in [9.17, 15) is 9.59 Å². The van der Waals surface area contributed by atoms with Crippen LogP contribution in [0.2, 0.25) is 5.02 Å². The maximum atomic E-state index is 13.5. The minimum atomic E-state index is -0.221. The molecule has 3 nitrogen and oxygen atoms in total. The van der Waals surface area contributed by atoms with Gasteiger partial charge in [-0.2, -0.15) is 0 Å². The van der Waals surface area contributed by atoms with Crippen LogP contribution in [0.5, 0.6) is 0 Å². The third kappa shape index (κ3) is 1.84. The summed E-state index contributed by atoms with van der Waals surface area (Å²) in [5, 5.41) is 0.570. The van der Waals surface area contributed by atoms with Crippen molar-refractivity contribution >= 4 is 29.1 Å². The van der Waals surface area contributed by atoms with E-state index < -0.39 is 0 Å². The number of carbonyl (C=O) groups is 2. The molecule has 0 saturated carbocycles. The van der Waals surface area contributed by atoms with Gasteiger partial charge in [0.1, 0.15) is 0 Å². The maximum Gasteiger partial charge on any atom is 0.262 e. The zero-order chi connectivity index (χ0) is 19.0. The first-order chi connectivity index (χ1) is 13.7. The fourth-order valence-corrected chi connectivity index (χ4v) is 5.10. The summed E-state index contributed by atoms with van der Waals surface area (Å²) in [6.45, 7) is 0. The van der Waals surface area contributed by atoms with Gasteiger partial charge in [-0.25, -0.2) is 4.90 Å². The van der Waals surface area contributed by atoms with Crippen molar-refractivity contribution in [3.8, 4) is 0 Å². The molecule has 1 heterocycles. The van der Waals surface area contributed by atoms with Gasteiger partial charge in [-0.15, -0.1) is 0 Å². The predicted molar refractivity (Wildman–Crippen MR) is 108 cm³/mol. The molecule has 0 N–H and O–H groups in total. The second kappa shape index (κ2) is 5.43. The Labute approximate surface area is 166 Å². The van der Waals surface area contributed by atoms with Gasteiger partial charge < -0.3 is 0 Å². The minimum Gasteiger partial charge on any atom is -0.269 e. The van der Waals surface area contributed by atoms with Gasteiger partial charge in [-0.05, 0) is 46.5 Å². The molecule has 2 bridgehead atoms. The lowest BCUT2D eigenvalue weighted by Gasteiger charge is -2.39. The fourth-order valence-electron chi connectivity index (χ4n) is 4.98. The number of amides is 2. The lowest BCUT2D eigenvalue weighted by molar-refractivity contribution is -0.120. The Bertz CT molecular complexity index is 1110. The van der Waals surface area contributed by atoms with Crippen molar-refractivity contribution in [1.29, 1.82) is 0 Å². The van der Waals surface area contributed by atoms with Crippen LogP contribution in [0.25, 0.3) is 0 Å². The van der Waals surface area contributed by atoms with Gasteiger partial charge in [0.15, 0.2) is 0 Å². The van der Waals surface area contributed by atoms with Crippen LogP contribution < -0.4 is 4.90 Å². The second-order valence-corrected chi connectivity index (χ2v) is 7.81. The summed E-state index contributed by atoms with van der Waals surface area (Å²) in [6, 6.07) is 23.2. The highest BCUT2D eigenvalue weighted by Crippen LogP contribution is 2.58. The van der Waals surface area contributed by atoms with Gasteiger partial charge >= 0.3 is 0 Å². The van der Waals surface area contributed by atoms with Crippen LogP contribution in [0.4, 0.5) is 5.69 Å². The second-order valence-electron chi connectivity index (χ2n) is 7.37. The van der Waals surface area contributed by atoms with Gasteiger partial charge in [0.2, 0.25) is 0 Å². The summed E-state index contributed by atoms with van der Waals surface area (Å²) in [5.74, 6) is -0.829. The van der Waals surface area contributed by atoms with Crippen molar-refractivity contribution in [2.45, 2.75) is 11.8 Å². The number of carbonyl (C=O) groups excluding carboxylic acids is 2. The van der Waals surface area contributed by atoms with Crippen LogP contribution in [-0.2, 0) is 9.59 Å². The lowest BCUT2D eigenvalue weighted by atomic mass is 9.61. The first-order valence-electron chi connectivity index (χ1n) is 9.23. The molecule has 4 heteroatoms. The van der Waals surface area contributed by atoms with Crippen LogP contribution in [0, 0.1) is 0 Å². The Morgan fingerprint density at radius 2 is 1.00 bits per heavy atom. The molecule has 0 aromatic heterocycles. The Balaban J connectivity index is 1.59. The van der Waals surface area contributed by atoms with Crippen molar-refractivity contribution in [3.63, 3.8) is 0 Å². The maximum absolute atomic E-state index is 13.5. The highest BCUT2D eigenvalue weighted by Gasteiger charge is 2.53. The smallest absolute Gasteiger partial charge is 0.262 e. The van der Waals surface area contributed by atoms with E-state index in [2.05, 4.69) is 24.3 Å². The normalized spacial score (nSPS) is 21.7. The molecule has 1 aliphatic heterocycles. The zero-order valence-corrected chi connectivity index (χ0v) is 15.5. The first kappa shape index (κ1) is 15.8. The molecule has 3 aromatic rings. The SMILES string of the molecule is O=C1C2=C(C(=O)N1c1ccc(Cl)cc1)C1c3ccccc3C2c2ccccc21. The van der Waals surface area contributed by atoms with Gasteiger partial charge in [-0.1, -0.05) is 60.1 Å². The van der Waals surface area contributed by atoms with E-state index in [-0.39, 0.29) is 23.7 Å². The highest BCUT2D eigenvalue weighted by atomic mass is 35.5. The summed E-state index contributed by atoms with van der Waals surface area (Å²) in [5.41, 5.74) is 6.33. The van der Waals surface area contributed by atoms with Crippen LogP contribution in [0.3, 0.4) is 0 Å². The van der Waals surface area contributed by atoms with E-state index in [1.54, 1.807) is 24.3 Å². The molecule has 0 saturated heterocycles. The molecule has 0 radical (unpaired) electrons. The van der Waals surface area contributed by atoms with Crippen LogP contribution in [-0.4, -0.2) is 11.8 Å². The molecule has 0 atom stereocenters. The zero-order valence-electron chi connectivity index (χ0n) is 14.7. The van der Waals surface area contributed by atoms with Crippen molar-refractivity contribution in [2.24, 2.45) is 0 Å². The average Bonchev–Trinajstić information content (AvgIpc) is 3.00. The number of halogens is 1. The minimum absolute atomic E-state index is 0.193. The number of nitrogens with zero attached hydrogens (tertiary/aromatic N) is 1. The molecule has 4 aliphatic rings. The number of anilines is 1. The van der Waals surface area contributed by atoms with E-state index in [0.717, 1.165) is 22.3 Å². The lowest BCUT2D eigenvalue weighted by Crippen LogP contribution is -2.31. The Hall–Kier alpha value is -3.17. The van der Waals surface area contributed by atoms with Crippen molar-refractivity contribution in [3.05, 3.63) is 111 Å². The summed E-state index contributed by atoms with van der Waals surface area (Å²) in [4.78, 5) is 28.2. The molecule has 3 aliphatic carbocycles. The number of benzene rings is 3.